The van der Waals surface area contributed by atoms with E-state index in [9.17, 15) is 14.5 Å². The van der Waals surface area contributed by atoms with Crippen molar-refractivity contribution in [2.24, 2.45) is 5.92 Å². The van der Waals surface area contributed by atoms with Crippen LogP contribution in [-0.2, 0) is 6.54 Å². The van der Waals surface area contributed by atoms with Crippen molar-refractivity contribution < 1.29 is 9.31 Å². The lowest BCUT2D eigenvalue weighted by Crippen LogP contribution is -2.21. The summed E-state index contributed by atoms with van der Waals surface area (Å²) >= 11 is 0. The van der Waals surface area contributed by atoms with Crippen LogP contribution >= 0.6 is 0 Å². The first kappa shape index (κ1) is 14.6. The molecule has 0 atom stereocenters. The molecule has 0 saturated carbocycles. The molecular formula is C13H19FN2O2. The Labute approximate surface area is 106 Å². The van der Waals surface area contributed by atoms with Crippen LogP contribution in [0.4, 0.5) is 10.1 Å². The molecule has 0 radical (unpaired) electrons. The van der Waals surface area contributed by atoms with Crippen molar-refractivity contribution in [1.82, 2.24) is 5.32 Å². The second-order valence-electron chi connectivity index (χ2n) is 4.36. The Morgan fingerprint density at radius 2 is 2.06 bits per heavy atom. The fourth-order valence-electron chi connectivity index (χ4n) is 1.81. The maximum atomic E-state index is 13.3. The maximum absolute atomic E-state index is 13.3. The molecule has 18 heavy (non-hydrogen) atoms. The lowest BCUT2D eigenvalue weighted by atomic mass is 10.0. The van der Waals surface area contributed by atoms with Crippen LogP contribution in [0.1, 0.15) is 32.3 Å². The van der Waals surface area contributed by atoms with E-state index in [4.69, 9.17) is 0 Å². The van der Waals surface area contributed by atoms with Crippen molar-refractivity contribution in [3.8, 4) is 0 Å². The summed E-state index contributed by atoms with van der Waals surface area (Å²) in [5.41, 5.74) is 0.253. The topological polar surface area (TPSA) is 55.2 Å². The third-order valence-corrected chi connectivity index (χ3v) is 3.13. The average molecular weight is 254 g/mol. The monoisotopic (exact) mass is 254 g/mol. The van der Waals surface area contributed by atoms with E-state index in [2.05, 4.69) is 19.2 Å². The highest BCUT2D eigenvalue weighted by Crippen LogP contribution is 2.18. The first-order valence-electron chi connectivity index (χ1n) is 6.22. The molecule has 0 aromatic heterocycles. The van der Waals surface area contributed by atoms with E-state index in [1.807, 2.05) is 0 Å². The van der Waals surface area contributed by atoms with Gasteiger partial charge in [-0.2, -0.15) is 4.39 Å². The number of hydrogen-bond donors (Lipinski definition) is 1. The molecule has 100 valence electrons. The van der Waals surface area contributed by atoms with E-state index < -0.39 is 16.4 Å². The van der Waals surface area contributed by atoms with Gasteiger partial charge < -0.3 is 5.32 Å². The number of benzene rings is 1. The van der Waals surface area contributed by atoms with Gasteiger partial charge in [-0.25, -0.2) is 0 Å². The molecule has 0 aliphatic carbocycles. The lowest BCUT2D eigenvalue weighted by molar-refractivity contribution is -0.387. The van der Waals surface area contributed by atoms with Gasteiger partial charge in [-0.1, -0.05) is 32.8 Å². The van der Waals surface area contributed by atoms with Gasteiger partial charge in [0, 0.05) is 12.6 Å². The molecule has 1 aromatic carbocycles. The van der Waals surface area contributed by atoms with Gasteiger partial charge in [0.25, 0.3) is 0 Å². The van der Waals surface area contributed by atoms with E-state index >= 15 is 0 Å². The normalized spacial score (nSPS) is 10.9. The molecule has 1 N–H and O–H groups in total. The summed E-state index contributed by atoms with van der Waals surface area (Å²) in [5, 5.41) is 13.7. The number of nitro benzene ring substituents is 1. The fraction of sp³-hybridized carbons (Fsp3) is 0.538. The molecule has 0 heterocycles. The quantitative estimate of drug-likeness (QED) is 0.600. The number of nitrogens with zero attached hydrogens (tertiary/aromatic N) is 1. The summed E-state index contributed by atoms with van der Waals surface area (Å²) < 4.78 is 13.3. The summed E-state index contributed by atoms with van der Waals surface area (Å²) in [7, 11) is 0. The average Bonchev–Trinajstić information content (AvgIpc) is 2.34. The smallest absolute Gasteiger partial charge is 0.304 e. The van der Waals surface area contributed by atoms with E-state index in [-0.39, 0.29) is 0 Å². The Morgan fingerprint density at radius 1 is 1.39 bits per heavy atom. The SMILES string of the molecule is CCC(CC)CNCc1ccc([N+](=O)[O-])c(F)c1. The van der Waals surface area contributed by atoms with Crippen molar-refractivity contribution in [2.75, 3.05) is 6.54 Å². The zero-order valence-electron chi connectivity index (χ0n) is 10.8. The Bertz CT molecular complexity index is 406. The Balaban J connectivity index is 2.53. The van der Waals surface area contributed by atoms with E-state index in [1.165, 1.54) is 12.1 Å². The Morgan fingerprint density at radius 3 is 2.56 bits per heavy atom. The van der Waals surface area contributed by atoms with Crippen LogP contribution < -0.4 is 5.32 Å². The molecule has 0 bridgehead atoms. The Kier molecular flexibility index (Phi) is 5.71. The number of nitrogens with one attached hydrogen (secondary N) is 1. The molecular weight excluding hydrogens is 235 g/mol. The van der Waals surface area contributed by atoms with E-state index in [1.54, 1.807) is 6.07 Å². The molecule has 1 rings (SSSR count). The third kappa shape index (κ3) is 4.07. The summed E-state index contributed by atoms with van der Waals surface area (Å²) in [6.07, 6.45) is 2.22. The van der Waals surface area contributed by atoms with Gasteiger partial charge in [0.1, 0.15) is 0 Å². The van der Waals surface area contributed by atoms with Crippen molar-refractivity contribution in [1.29, 1.82) is 0 Å². The molecule has 0 aliphatic heterocycles. The highest BCUT2D eigenvalue weighted by molar-refractivity contribution is 5.34. The van der Waals surface area contributed by atoms with E-state index in [0.29, 0.717) is 12.5 Å². The standard InChI is InChI=1S/C13H19FN2O2/c1-3-10(4-2)8-15-9-11-5-6-13(16(17)18)12(14)7-11/h5-7,10,15H,3-4,8-9H2,1-2H3. The molecule has 0 unspecified atom stereocenters. The summed E-state index contributed by atoms with van der Waals surface area (Å²) in [4.78, 5) is 9.75. The molecule has 4 nitrogen and oxygen atoms in total. The maximum Gasteiger partial charge on any atom is 0.304 e. The molecule has 0 spiro atoms. The molecule has 0 fully saturated rings. The zero-order valence-corrected chi connectivity index (χ0v) is 10.8. The van der Waals surface area contributed by atoms with Gasteiger partial charge in [-0.05, 0) is 24.1 Å². The predicted molar refractivity (Wildman–Crippen MR) is 68.8 cm³/mol. The van der Waals surface area contributed by atoms with Gasteiger partial charge >= 0.3 is 5.69 Å². The first-order valence-corrected chi connectivity index (χ1v) is 6.22. The van der Waals surface area contributed by atoms with Gasteiger partial charge in [-0.3, -0.25) is 10.1 Å². The number of halogens is 1. The highest BCUT2D eigenvalue weighted by atomic mass is 19.1. The minimum absolute atomic E-state index is 0.473. The van der Waals surface area contributed by atoms with Crippen LogP contribution in [0.5, 0.6) is 0 Å². The summed E-state index contributed by atoms with van der Waals surface area (Å²) in [6, 6.07) is 4.02. The van der Waals surface area contributed by atoms with E-state index in [0.717, 1.165) is 24.9 Å². The fourth-order valence-corrected chi connectivity index (χ4v) is 1.81. The number of hydrogen-bond acceptors (Lipinski definition) is 3. The second kappa shape index (κ2) is 7.06. The number of nitro groups is 1. The van der Waals surface area contributed by atoms with Crippen molar-refractivity contribution >= 4 is 5.69 Å². The van der Waals surface area contributed by atoms with Crippen molar-refractivity contribution in [3.63, 3.8) is 0 Å². The predicted octanol–water partition coefficient (Wildman–Crippen LogP) is 3.26. The van der Waals surface area contributed by atoms with Crippen molar-refractivity contribution in [3.05, 3.63) is 39.7 Å². The second-order valence-corrected chi connectivity index (χ2v) is 4.36. The van der Waals surface area contributed by atoms with Gasteiger partial charge in [0.05, 0.1) is 4.92 Å². The zero-order chi connectivity index (χ0) is 13.5. The van der Waals surface area contributed by atoms with Crippen LogP contribution in [0.15, 0.2) is 18.2 Å². The first-order chi connectivity index (χ1) is 8.58. The van der Waals surface area contributed by atoms with Gasteiger partial charge in [0.2, 0.25) is 5.82 Å². The molecule has 5 heteroatoms. The molecule has 0 amide bonds. The highest BCUT2D eigenvalue weighted by Gasteiger charge is 2.13. The minimum atomic E-state index is -0.776. The number of rotatable bonds is 7. The summed E-state index contributed by atoms with van der Waals surface area (Å²) in [6.45, 7) is 5.69. The van der Waals surface area contributed by atoms with Crippen LogP contribution in [0, 0.1) is 21.8 Å². The molecule has 1 aromatic rings. The van der Waals surface area contributed by atoms with Crippen molar-refractivity contribution in [2.45, 2.75) is 33.2 Å². The summed E-state index contributed by atoms with van der Waals surface area (Å²) in [5.74, 6) is -0.158. The van der Waals surface area contributed by atoms with Crippen LogP contribution in [0.25, 0.3) is 0 Å². The lowest BCUT2D eigenvalue weighted by Gasteiger charge is -2.13. The van der Waals surface area contributed by atoms with Gasteiger partial charge in [-0.15, -0.1) is 0 Å². The van der Waals surface area contributed by atoms with Crippen LogP contribution in [0.2, 0.25) is 0 Å². The third-order valence-electron chi connectivity index (χ3n) is 3.13. The Hall–Kier alpha value is -1.49. The molecule has 0 aliphatic rings. The largest absolute Gasteiger partial charge is 0.312 e. The van der Waals surface area contributed by atoms with Crippen LogP contribution in [0.3, 0.4) is 0 Å². The minimum Gasteiger partial charge on any atom is -0.312 e. The van der Waals surface area contributed by atoms with Crippen LogP contribution in [-0.4, -0.2) is 11.5 Å². The van der Waals surface area contributed by atoms with Gasteiger partial charge in [0.15, 0.2) is 0 Å². The molecule has 0 saturated heterocycles.